The van der Waals surface area contributed by atoms with Gasteiger partial charge in [-0.15, -0.1) is 0 Å². The molecule has 2 aromatic rings. The standard InChI is InChI=1S/C14H17N3O3/c1-18-11-5-13(20-3)12(19-2)4-10(11)14(15)9-6-16-8-17-7-9/h4-8,14H,15H2,1-3H3. The molecule has 2 N–H and O–H groups in total. The summed E-state index contributed by atoms with van der Waals surface area (Å²) in [6.45, 7) is 0. The van der Waals surface area contributed by atoms with Crippen molar-refractivity contribution in [3.63, 3.8) is 0 Å². The largest absolute Gasteiger partial charge is 0.496 e. The maximum absolute atomic E-state index is 6.25. The maximum Gasteiger partial charge on any atom is 0.164 e. The van der Waals surface area contributed by atoms with Crippen LogP contribution in [-0.4, -0.2) is 31.3 Å². The number of aromatic nitrogens is 2. The number of benzene rings is 1. The first-order valence-corrected chi connectivity index (χ1v) is 6.01. The Labute approximate surface area is 117 Å². The second-order valence-corrected chi connectivity index (χ2v) is 4.10. The molecule has 0 radical (unpaired) electrons. The highest BCUT2D eigenvalue weighted by atomic mass is 16.5. The molecule has 1 heterocycles. The van der Waals surface area contributed by atoms with Crippen LogP contribution in [0.5, 0.6) is 17.2 Å². The van der Waals surface area contributed by atoms with Crippen molar-refractivity contribution in [3.05, 3.63) is 42.0 Å². The quantitative estimate of drug-likeness (QED) is 0.891. The van der Waals surface area contributed by atoms with E-state index in [1.165, 1.54) is 6.33 Å². The van der Waals surface area contributed by atoms with Crippen LogP contribution in [0.25, 0.3) is 0 Å². The highest BCUT2D eigenvalue weighted by molar-refractivity contribution is 5.53. The van der Waals surface area contributed by atoms with Gasteiger partial charge in [0, 0.05) is 29.6 Å². The van der Waals surface area contributed by atoms with Crippen molar-refractivity contribution in [1.29, 1.82) is 0 Å². The van der Waals surface area contributed by atoms with Crippen molar-refractivity contribution in [3.8, 4) is 17.2 Å². The second kappa shape index (κ2) is 6.21. The van der Waals surface area contributed by atoms with E-state index in [9.17, 15) is 0 Å². The lowest BCUT2D eigenvalue weighted by Crippen LogP contribution is -2.14. The van der Waals surface area contributed by atoms with E-state index in [0.29, 0.717) is 17.2 Å². The minimum atomic E-state index is -0.411. The summed E-state index contributed by atoms with van der Waals surface area (Å²) in [5.41, 5.74) is 7.82. The minimum absolute atomic E-state index is 0.411. The van der Waals surface area contributed by atoms with Crippen molar-refractivity contribution in [2.24, 2.45) is 5.73 Å². The van der Waals surface area contributed by atoms with Crippen molar-refractivity contribution < 1.29 is 14.2 Å². The Morgan fingerprint density at radius 2 is 1.45 bits per heavy atom. The zero-order chi connectivity index (χ0) is 14.5. The highest BCUT2D eigenvalue weighted by Gasteiger charge is 2.18. The molecule has 0 saturated heterocycles. The van der Waals surface area contributed by atoms with Crippen molar-refractivity contribution in [2.75, 3.05) is 21.3 Å². The molecule has 6 nitrogen and oxygen atoms in total. The molecule has 1 atom stereocenters. The second-order valence-electron chi connectivity index (χ2n) is 4.10. The van der Waals surface area contributed by atoms with Gasteiger partial charge in [-0.2, -0.15) is 0 Å². The lowest BCUT2D eigenvalue weighted by molar-refractivity contribution is 0.347. The van der Waals surface area contributed by atoms with Gasteiger partial charge in [0.25, 0.3) is 0 Å². The van der Waals surface area contributed by atoms with Crippen molar-refractivity contribution >= 4 is 0 Å². The third-order valence-corrected chi connectivity index (χ3v) is 3.01. The molecular weight excluding hydrogens is 258 g/mol. The number of hydrogen-bond donors (Lipinski definition) is 1. The van der Waals surface area contributed by atoms with E-state index >= 15 is 0 Å². The Bertz CT molecular complexity index is 575. The summed E-state index contributed by atoms with van der Waals surface area (Å²) >= 11 is 0. The molecule has 6 heteroatoms. The Hall–Kier alpha value is -2.34. The van der Waals surface area contributed by atoms with Gasteiger partial charge in [-0.25, -0.2) is 9.97 Å². The van der Waals surface area contributed by atoms with Gasteiger partial charge in [0.05, 0.1) is 27.4 Å². The van der Waals surface area contributed by atoms with E-state index in [4.69, 9.17) is 19.9 Å². The molecule has 0 bridgehead atoms. The fourth-order valence-electron chi connectivity index (χ4n) is 1.95. The number of hydrogen-bond acceptors (Lipinski definition) is 6. The van der Waals surface area contributed by atoms with Crippen LogP contribution >= 0.6 is 0 Å². The Kier molecular flexibility index (Phi) is 4.37. The van der Waals surface area contributed by atoms with Gasteiger partial charge in [0.15, 0.2) is 11.5 Å². The van der Waals surface area contributed by atoms with E-state index in [0.717, 1.165) is 11.1 Å². The Morgan fingerprint density at radius 1 is 0.900 bits per heavy atom. The molecule has 0 amide bonds. The smallest absolute Gasteiger partial charge is 0.164 e. The Morgan fingerprint density at radius 3 is 2.00 bits per heavy atom. The molecule has 0 aliphatic carbocycles. The zero-order valence-electron chi connectivity index (χ0n) is 11.7. The summed E-state index contributed by atoms with van der Waals surface area (Å²) in [6.07, 6.45) is 4.81. The van der Waals surface area contributed by atoms with Crippen LogP contribution in [0, 0.1) is 0 Å². The van der Waals surface area contributed by atoms with Crippen LogP contribution in [0.3, 0.4) is 0 Å². The summed E-state index contributed by atoms with van der Waals surface area (Å²) in [6, 6.07) is 3.14. The fourth-order valence-corrected chi connectivity index (χ4v) is 1.95. The molecule has 0 saturated carbocycles. The Balaban J connectivity index is 2.49. The summed E-state index contributed by atoms with van der Waals surface area (Å²) in [7, 11) is 4.73. The lowest BCUT2D eigenvalue weighted by atomic mass is 10.0. The molecule has 1 aromatic carbocycles. The SMILES string of the molecule is COc1cc(OC)c(C(N)c2cncnc2)cc1OC. The fraction of sp³-hybridized carbons (Fsp3) is 0.286. The number of nitrogens with zero attached hydrogens (tertiary/aromatic N) is 2. The van der Waals surface area contributed by atoms with Gasteiger partial charge in [-0.05, 0) is 6.07 Å². The van der Waals surface area contributed by atoms with Crippen molar-refractivity contribution in [1.82, 2.24) is 9.97 Å². The number of methoxy groups -OCH3 is 3. The van der Waals surface area contributed by atoms with Gasteiger partial charge < -0.3 is 19.9 Å². The molecule has 0 aliphatic rings. The molecule has 106 valence electrons. The third kappa shape index (κ3) is 2.65. The molecule has 0 fully saturated rings. The first-order chi connectivity index (χ1) is 9.71. The molecule has 2 rings (SSSR count). The summed E-state index contributed by atoms with van der Waals surface area (Å²) in [5.74, 6) is 1.80. The van der Waals surface area contributed by atoms with Crippen LogP contribution in [0.4, 0.5) is 0 Å². The van der Waals surface area contributed by atoms with E-state index in [-0.39, 0.29) is 0 Å². The molecule has 1 unspecified atom stereocenters. The third-order valence-electron chi connectivity index (χ3n) is 3.01. The van der Waals surface area contributed by atoms with Crippen LogP contribution in [0.15, 0.2) is 30.9 Å². The van der Waals surface area contributed by atoms with Crippen molar-refractivity contribution in [2.45, 2.75) is 6.04 Å². The van der Waals surface area contributed by atoms with Gasteiger partial charge in [-0.1, -0.05) is 0 Å². The van der Waals surface area contributed by atoms with Crippen LogP contribution in [-0.2, 0) is 0 Å². The first-order valence-electron chi connectivity index (χ1n) is 6.01. The van der Waals surface area contributed by atoms with E-state index < -0.39 is 6.04 Å². The van der Waals surface area contributed by atoms with E-state index in [1.54, 1.807) is 45.9 Å². The predicted octanol–water partition coefficient (Wildman–Crippen LogP) is 1.55. The number of ether oxygens (including phenoxy) is 3. The first kappa shape index (κ1) is 14.1. The predicted molar refractivity (Wildman–Crippen MR) is 74.2 cm³/mol. The molecule has 20 heavy (non-hydrogen) atoms. The van der Waals surface area contributed by atoms with Gasteiger partial charge in [0.1, 0.15) is 12.1 Å². The molecule has 1 aromatic heterocycles. The number of rotatable bonds is 5. The summed E-state index contributed by atoms with van der Waals surface area (Å²) < 4.78 is 15.9. The molecule has 0 aliphatic heterocycles. The van der Waals surface area contributed by atoms with Gasteiger partial charge in [-0.3, -0.25) is 0 Å². The number of nitrogens with two attached hydrogens (primary N) is 1. The minimum Gasteiger partial charge on any atom is -0.496 e. The highest BCUT2D eigenvalue weighted by Crippen LogP contribution is 2.38. The van der Waals surface area contributed by atoms with E-state index in [1.807, 2.05) is 0 Å². The van der Waals surface area contributed by atoms with Gasteiger partial charge >= 0.3 is 0 Å². The molecule has 0 spiro atoms. The average Bonchev–Trinajstić information content (AvgIpc) is 2.53. The van der Waals surface area contributed by atoms with Crippen LogP contribution in [0.1, 0.15) is 17.2 Å². The van der Waals surface area contributed by atoms with Crippen LogP contribution in [0.2, 0.25) is 0 Å². The van der Waals surface area contributed by atoms with Crippen LogP contribution < -0.4 is 19.9 Å². The maximum atomic E-state index is 6.25. The lowest BCUT2D eigenvalue weighted by Gasteiger charge is -2.18. The van der Waals surface area contributed by atoms with E-state index in [2.05, 4.69) is 9.97 Å². The zero-order valence-corrected chi connectivity index (χ0v) is 11.7. The molecular formula is C14H17N3O3. The van der Waals surface area contributed by atoms with Gasteiger partial charge in [0.2, 0.25) is 0 Å². The topological polar surface area (TPSA) is 79.5 Å². The monoisotopic (exact) mass is 275 g/mol. The average molecular weight is 275 g/mol. The summed E-state index contributed by atoms with van der Waals surface area (Å²) in [5, 5.41) is 0. The normalized spacial score (nSPS) is 11.8. The summed E-state index contributed by atoms with van der Waals surface area (Å²) in [4.78, 5) is 7.95.